The van der Waals surface area contributed by atoms with Gasteiger partial charge in [-0.2, -0.15) is 0 Å². The van der Waals surface area contributed by atoms with Gasteiger partial charge in [0.05, 0.1) is 5.75 Å². The second kappa shape index (κ2) is 7.75. The molecule has 2 aliphatic rings. The van der Waals surface area contributed by atoms with Crippen molar-refractivity contribution in [1.29, 1.82) is 0 Å². The van der Waals surface area contributed by atoms with Gasteiger partial charge in [-0.3, -0.25) is 4.90 Å². The SMILES string of the molecule is Cl.O=S(=O)(Cc1ccccc1)N1CCC(N2CCNCC2)C1. The Morgan fingerprint density at radius 3 is 2.45 bits per heavy atom. The van der Waals surface area contributed by atoms with Crippen molar-refractivity contribution >= 4 is 22.4 Å². The summed E-state index contributed by atoms with van der Waals surface area (Å²) in [4.78, 5) is 2.43. The first-order chi connectivity index (χ1) is 10.1. The van der Waals surface area contributed by atoms with Crippen LogP contribution in [0.5, 0.6) is 0 Å². The van der Waals surface area contributed by atoms with Crippen molar-refractivity contribution in [1.82, 2.24) is 14.5 Å². The van der Waals surface area contributed by atoms with Gasteiger partial charge in [0.2, 0.25) is 10.0 Å². The highest BCUT2D eigenvalue weighted by atomic mass is 35.5. The maximum Gasteiger partial charge on any atom is 0.218 e. The van der Waals surface area contributed by atoms with E-state index in [2.05, 4.69) is 10.2 Å². The summed E-state index contributed by atoms with van der Waals surface area (Å²) in [5, 5.41) is 3.34. The summed E-state index contributed by atoms with van der Waals surface area (Å²) in [6.45, 7) is 5.37. The molecule has 1 aromatic rings. The number of benzene rings is 1. The van der Waals surface area contributed by atoms with Gasteiger partial charge in [-0.05, 0) is 12.0 Å². The first-order valence-corrected chi connectivity index (χ1v) is 9.22. The van der Waals surface area contributed by atoms with Gasteiger partial charge in [0, 0.05) is 45.3 Å². The molecule has 7 heteroatoms. The van der Waals surface area contributed by atoms with Crippen LogP contribution in [0.2, 0.25) is 0 Å². The third-order valence-corrected chi connectivity index (χ3v) is 6.20. The Balaban J connectivity index is 0.00000176. The van der Waals surface area contributed by atoms with E-state index in [9.17, 15) is 8.42 Å². The van der Waals surface area contributed by atoms with Crippen LogP contribution < -0.4 is 5.32 Å². The molecule has 3 rings (SSSR count). The van der Waals surface area contributed by atoms with Crippen molar-refractivity contribution in [2.45, 2.75) is 18.2 Å². The molecule has 0 saturated carbocycles. The maximum atomic E-state index is 12.5. The molecule has 2 saturated heterocycles. The van der Waals surface area contributed by atoms with Gasteiger partial charge in [0.15, 0.2) is 0 Å². The Bertz CT molecular complexity index is 561. The van der Waals surface area contributed by atoms with Gasteiger partial charge < -0.3 is 5.32 Å². The van der Waals surface area contributed by atoms with Crippen LogP contribution >= 0.6 is 12.4 Å². The predicted molar refractivity (Wildman–Crippen MR) is 90.7 cm³/mol. The zero-order chi connectivity index (χ0) is 14.7. The molecule has 0 amide bonds. The summed E-state index contributed by atoms with van der Waals surface area (Å²) in [6.07, 6.45) is 0.952. The second-order valence-corrected chi connectivity index (χ2v) is 7.80. The van der Waals surface area contributed by atoms with Crippen LogP contribution in [-0.2, 0) is 15.8 Å². The lowest BCUT2D eigenvalue weighted by Crippen LogP contribution is -2.49. The number of sulfonamides is 1. The highest BCUT2D eigenvalue weighted by Crippen LogP contribution is 2.21. The molecule has 1 N–H and O–H groups in total. The van der Waals surface area contributed by atoms with Gasteiger partial charge in [0.25, 0.3) is 0 Å². The molecule has 1 atom stereocenters. The van der Waals surface area contributed by atoms with Crippen molar-refractivity contribution in [2.24, 2.45) is 0 Å². The molecule has 0 aromatic heterocycles. The summed E-state index contributed by atoms with van der Waals surface area (Å²) in [5.41, 5.74) is 0.864. The van der Waals surface area contributed by atoms with E-state index < -0.39 is 10.0 Å². The summed E-state index contributed by atoms with van der Waals surface area (Å²) in [7, 11) is -3.19. The second-order valence-electron chi connectivity index (χ2n) is 5.83. The van der Waals surface area contributed by atoms with Gasteiger partial charge in [-0.25, -0.2) is 12.7 Å². The third-order valence-electron chi connectivity index (χ3n) is 4.38. The molecule has 5 nitrogen and oxygen atoms in total. The summed E-state index contributed by atoms with van der Waals surface area (Å²) in [5.74, 6) is 0.113. The zero-order valence-electron chi connectivity index (χ0n) is 12.6. The molecule has 0 aliphatic carbocycles. The van der Waals surface area contributed by atoms with E-state index in [1.807, 2.05) is 30.3 Å². The largest absolute Gasteiger partial charge is 0.314 e. The minimum absolute atomic E-state index is 0. The molecule has 0 bridgehead atoms. The molecule has 0 radical (unpaired) electrons. The topological polar surface area (TPSA) is 52.7 Å². The normalized spacial score (nSPS) is 24.1. The standard InChI is InChI=1S/C15H23N3O2S.ClH/c19-21(20,13-14-4-2-1-3-5-14)18-9-6-15(12-18)17-10-7-16-8-11-17;/h1-5,15-16H,6-13H2;1H. The fourth-order valence-electron chi connectivity index (χ4n) is 3.18. The van der Waals surface area contributed by atoms with Crippen molar-refractivity contribution in [3.63, 3.8) is 0 Å². The average Bonchev–Trinajstić information content (AvgIpc) is 2.99. The molecule has 2 heterocycles. The number of piperazine rings is 1. The molecule has 0 spiro atoms. The Morgan fingerprint density at radius 2 is 1.77 bits per heavy atom. The van der Waals surface area contributed by atoms with Crippen molar-refractivity contribution < 1.29 is 8.42 Å². The third kappa shape index (κ3) is 4.20. The first-order valence-electron chi connectivity index (χ1n) is 7.62. The van der Waals surface area contributed by atoms with E-state index in [1.54, 1.807) is 4.31 Å². The lowest BCUT2D eigenvalue weighted by Gasteiger charge is -2.32. The Morgan fingerprint density at radius 1 is 1.09 bits per heavy atom. The van der Waals surface area contributed by atoms with Crippen LogP contribution in [0.25, 0.3) is 0 Å². The number of hydrogen-bond donors (Lipinski definition) is 1. The van der Waals surface area contributed by atoms with Gasteiger partial charge in [-0.1, -0.05) is 30.3 Å². The number of hydrogen-bond acceptors (Lipinski definition) is 4. The Hall–Kier alpha value is -0.660. The van der Waals surface area contributed by atoms with E-state index >= 15 is 0 Å². The molecule has 1 unspecified atom stereocenters. The predicted octanol–water partition coefficient (Wildman–Crippen LogP) is 0.918. The van der Waals surface area contributed by atoms with Crippen LogP contribution in [0.1, 0.15) is 12.0 Å². The summed E-state index contributed by atoms with van der Waals surface area (Å²) < 4.78 is 26.7. The lowest BCUT2D eigenvalue weighted by molar-refractivity contribution is 0.179. The van der Waals surface area contributed by atoms with Crippen LogP contribution in [0, 0.1) is 0 Å². The van der Waals surface area contributed by atoms with E-state index in [0.717, 1.165) is 38.2 Å². The number of nitrogens with one attached hydrogen (secondary N) is 1. The minimum Gasteiger partial charge on any atom is -0.314 e. The smallest absolute Gasteiger partial charge is 0.218 e. The molecule has 124 valence electrons. The van der Waals surface area contributed by atoms with Gasteiger partial charge in [-0.15, -0.1) is 12.4 Å². The van der Waals surface area contributed by atoms with Crippen LogP contribution in [0.3, 0.4) is 0 Å². The number of rotatable bonds is 4. The lowest BCUT2D eigenvalue weighted by atomic mass is 10.2. The summed E-state index contributed by atoms with van der Waals surface area (Å²) in [6, 6.07) is 9.82. The van der Waals surface area contributed by atoms with Gasteiger partial charge in [0.1, 0.15) is 0 Å². The van der Waals surface area contributed by atoms with Crippen LogP contribution in [0.4, 0.5) is 0 Å². The monoisotopic (exact) mass is 345 g/mol. The van der Waals surface area contributed by atoms with Crippen LogP contribution in [0.15, 0.2) is 30.3 Å². The van der Waals surface area contributed by atoms with E-state index in [4.69, 9.17) is 0 Å². The first kappa shape index (κ1) is 17.7. The molecule has 2 fully saturated rings. The van der Waals surface area contributed by atoms with E-state index in [-0.39, 0.29) is 18.2 Å². The summed E-state index contributed by atoms with van der Waals surface area (Å²) >= 11 is 0. The molecular weight excluding hydrogens is 322 g/mol. The molecular formula is C15H24ClN3O2S. The highest BCUT2D eigenvalue weighted by Gasteiger charge is 2.34. The maximum absolute atomic E-state index is 12.5. The van der Waals surface area contributed by atoms with Crippen LogP contribution in [-0.4, -0.2) is 62.9 Å². The van der Waals surface area contributed by atoms with Gasteiger partial charge >= 0.3 is 0 Å². The number of nitrogens with zero attached hydrogens (tertiary/aromatic N) is 2. The van der Waals surface area contributed by atoms with Crippen molar-refractivity contribution in [3.05, 3.63) is 35.9 Å². The zero-order valence-corrected chi connectivity index (χ0v) is 14.3. The molecule has 1 aromatic carbocycles. The van der Waals surface area contributed by atoms with Crippen molar-refractivity contribution in [3.8, 4) is 0 Å². The highest BCUT2D eigenvalue weighted by molar-refractivity contribution is 7.88. The fourth-order valence-corrected chi connectivity index (χ4v) is 4.76. The quantitative estimate of drug-likeness (QED) is 0.881. The number of halogens is 1. The molecule has 22 heavy (non-hydrogen) atoms. The molecule has 2 aliphatic heterocycles. The van der Waals surface area contributed by atoms with Crippen molar-refractivity contribution in [2.75, 3.05) is 39.3 Å². The van der Waals surface area contributed by atoms with E-state index in [0.29, 0.717) is 19.1 Å². The Labute approximate surface area is 139 Å². The minimum atomic E-state index is -3.19. The Kier molecular flexibility index (Phi) is 6.23. The fraction of sp³-hybridized carbons (Fsp3) is 0.600. The van der Waals surface area contributed by atoms with E-state index in [1.165, 1.54) is 0 Å². The average molecular weight is 346 g/mol.